The third kappa shape index (κ3) is 77.3. The number of alkyl halides is 1. The van der Waals surface area contributed by atoms with Gasteiger partial charge in [-0.15, -0.1) is 0 Å². The van der Waals surface area contributed by atoms with Crippen LogP contribution in [0.25, 0.3) is 0 Å². The van der Waals surface area contributed by atoms with Gasteiger partial charge in [0, 0.05) is 237 Å². The summed E-state index contributed by atoms with van der Waals surface area (Å²) in [5, 5.41) is 0. The van der Waals surface area contributed by atoms with Gasteiger partial charge in [-0.1, -0.05) is 103 Å². The maximum absolute atomic E-state index is 11.6. The molecule has 4 aliphatic rings. The zero-order chi connectivity index (χ0) is 57.9. The molecule has 34 heteroatoms. The summed E-state index contributed by atoms with van der Waals surface area (Å²) in [6.45, 7) is 39.3. The molecule has 76 heavy (non-hydrogen) atoms. The first-order valence-electron chi connectivity index (χ1n) is 22.2. The summed E-state index contributed by atoms with van der Waals surface area (Å²) >= 11 is 15.9. The molecule has 2 fully saturated rings. The smallest absolute Gasteiger partial charge is 2.00 e. The molecular weight excluding hydrogens is 1590 g/mol. The quantitative estimate of drug-likeness (QED) is 0.121. The first-order chi connectivity index (χ1) is 34.7. The van der Waals surface area contributed by atoms with Crippen LogP contribution in [0.3, 0.4) is 0 Å². The van der Waals surface area contributed by atoms with E-state index < -0.39 is 30.7 Å². The second-order valence-corrected chi connectivity index (χ2v) is 70.1. The number of carbonyl (C=O) groups excluding carboxylic acids is 3. The van der Waals surface area contributed by atoms with E-state index in [0.717, 1.165) is 64.0 Å². The molecule has 0 radical (unpaired) electrons. The zero-order valence-corrected chi connectivity index (χ0v) is 70.0. The number of halogens is 5. The van der Waals surface area contributed by atoms with Crippen molar-refractivity contribution in [2.75, 3.05) is 20.4 Å². The molecule has 1 aliphatic heterocycles. The predicted molar refractivity (Wildman–Crippen MR) is 399 cm³/mol. The summed E-state index contributed by atoms with van der Waals surface area (Å²) < 4.78 is 20.4. The van der Waals surface area contributed by atoms with Crippen molar-refractivity contribution in [3.05, 3.63) is 61.3 Å². The van der Waals surface area contributed by atoms with E-state index in [1.54, 1.807) is 161 Å². The van der Waals surface area contributed by atoms with Gasteiger partial charge in [-0.3, -0.25) is 25.4 Å². The minimum atomic E-state index is -1.15. The molecule has 4 rings (SSSR count). The number of ether oxygens (including phenoxy) is 1. The molecule has 4 atom stereocenters. The maximum Gasteiger partial charge on any atom is 2.00 e. The summed E-state index contributed by atoms with van der Waals surface area (Å²) in [6.07, 6.45) is 18.8. The second kappa shape index (κ2) is 67.8. The molecular formula is C42H79BrCl3CuFMgO4S20Si3. The first kappa shape index (κ1) is 94.9. The van der Waals surface area contributed by atoms with Crippen molar-refractivity contribution in [3.63, 3.8) is 0 Å². The van der Waals surface area contributed by atoms with Crippen molar-refractivity contribution in [2.24, 2.45) is 11.8 Å². The summed E-state index contributed by atoms with van der Waals surface area (Å²) in [5.41, 5.74) is 3.67. The molecule has 4 nitrogen and oxygen atoms in total. The summed E-state index contributed by atoms with van der Waals surface area (Å²) in [7, 11) is 35.8. The van der Waals surface area contributed by atoms with E-state index in [1.807, 2.05) is 19.1 Å². The van der Waals surface area contributed by atoms with Crippen LogP contribution in [-0.2, 0) is 214 Å². The fraction of sp³-hybridized carbons (Fsp3) is 0.690. The Morgan fingerprint density at radius 2 is 0.974 bits per heavy atom. The zero-order valence-electron chi connectivity index (χ0n) is 45.4. The van der Waals surface area contributed by atoms with E-state index in [0.29, 0.717) is 40.9 Å². The topological polar surface area (TPSA) is 60.4 Å². The molecule has 1 saturated heterocycles. The number of allylic oxidation sites excluding steroid dienone is 7. The Morgan fingerprint density at radius 1 is 0.671 bits per heavy atom. The van der Waals surface area contributed by atoms with E-state index in [9.17, 15) is 18.8 Å². The third-order valence-electron chi connectivity index (χ3n) is 9.00. The Labute approximate surface area is 572 Å². The number of rotatable bonds is 4. The number of hydrogen-bond donors (Lipinski definition) is 0. The summed E-state index contributed by atoms with van der Waals surface area (Å²) in [4.78, 5) is 33.5. The van der Waals surface area contributed by atoms with Crippen LogP contribution < -0.4 is 17.0 Å². The van der Waals surface area contributed by atoms with Gasteiger partial charge in [0.05, 0.1) is 8.52 Å². The van der Waals surface area contributed by atoms with Gasteiger partial charge in [0.15, 0.2) is 11.6 Å². The number of hydrogen-bond acceptors (Lipinski definition) is 6. The van der Waals surface area contributed by atoms with Gasteiger partial charge < -0.3 is 27.8 Å². The Bertz CT molecular complexity index is 2500. The van der Waals surface area contributed by atoms with Gasteiger partial charge >= 0.3 is 56.4 Å². The van der Waals surface area contributed by atoms with Crippen molar-refractivity contribution in [2.45, 2.75) is 156 Å². The fourth-order valence-electron chi connectivity index (χ4n) is 5.42. The molecule has 0 aromatic heterocycles. The normalized spacial score (nSPS) is 17.4. The molecule has 0 aromatic carbocycles. The van der Waals surface area contributed by atoms with Crippen LogP contribution in [0.15, 0.2) is 55.2 Å². The molecule has 0 unspecified atom stereocenters. The van der Waals surface area contributed by atoms with Gasteiger partial charge in [0.2, 0.25) is 0 Å². The largest absolute Gasteiger partial charge is 2.00 e. The Kier molecular flexibility index (Phi) is 84.7. The average Bonchev–Trinajstić information content (AvgIpc) is 3.90. The summed E-state index contributed by atoms with van der Waals surface area (Å²) in [5.74, 6) is 1.88. The van der Waals surface area contributed by atoms with Crippen molar-refractivity contribution in [3.8, 4) is 0 Å². The molecule has 0 bridgehead atoms. The van der Waals surface area contributed by atoms with Gasteiger partial charge in [-0.05, 0) is 81.0 Å². The SMILES string of the molecule is C.C1CCOC1.C=C(C)[C@@H]1CC(=O)C[C@@H]([Si](C)(C)C)C1.C=C(C)[C@H]1CC=CC(=O)C1.C=[C-]C.C[Si](C)(C)Cl.C[Si](C)(C)[C@H]1CC=CC(=O)C1.S=S=S=S=S=S=S=S=S=S=S=S=S=S=S=S=S=S=S=S.[2H]CF.[Br-].[Cl][Cu][Cl].[Mg+2]. The minimum Gasteiger partial charge on any atom is 2.00 e. The van der Waals surface area contributed by atoms with E-state index in [2.05, 4.69) is 112 Å². The van der Waals surface area contributed by atoms with E-state index in [4.69, 9.17) is 39.6 Å². The first-order valence-corrected chi connectivity index (χ1v) is 61.1. The number of ketones is 3. The van der Waals surface area contributed by atoms with E-state index >= 15 is 0 Å². The minimum absolute atomic E-state index is 0. The van der Waals surface area contributed by atoms with Crippen LogP contribution in [0.1, 0.15) is 87.4 Å². The monoisotopic (exact) mass is 1660 g/mol. The molecule has 0 spiro atoms. The van der Waals surface area contributed by atoms with Crippen molar-refractivity contribution in [1.82, 2.24) is 0 Å². The van der Waals surface area contributed by atoms with E-state index in [-0.39, 0.29) is 53.2 Å². The van der Waals surface area contributed by atoms with Crippen LogP contribution >= 0.6 is 31.3 Å². The van der Waals surface area contributed by atoms with E-state index in [1.165, 1.54) is 42.6 Å². The number of carbonyl (C=O) groups is 3. The predicted octanol–water partition coefficient (Wildman–Crippen LogP) is 11.4. The van der Waals surface area contributed by atoms with Crippen LogP contribution in [0.4, 0.5) is 4.39 Å². The number of Topliss-reactive ketones (excluding diaryl/α,β-unsaturated/α-hetero) is 1. The van der Waals surface area contributed by atoms with Crippen LogP contribution in [-0.4, -0.2) is 84.3 Å². The Balaban J connectivity index is -0.000000124. The van der Waals surface area contributed by atoms with Gasteiger partial charge in [0.25, 0.3) is 0 Å². The van der Waals surface area contributed by atoms with Gasteiger partial charge in [-0.2, -0.15) is 18.0 Å². The molecule has 1 heterocycles. The van der Waals surface area contributed by atoms with Gasteiger partial charge in [0.1, 0.15) is 13.2 Å². The van der Waals surface area contributed by atoms with Gasteiger partial charge in [-0.25, -0.2) is 0 Å². The Hall–Kier alpha value is 5.29. The van der Waals surface area contributed by atoms with Crippen molar-refractivity contribution < 1.29 is 55.0 Å². The van der Waals surface area contributed by atoms with Crippen molar-refractivity contribution in [1.29, 1.82) is 0 Å². The van der Waals surface area contributed by atoms with Crippen LogP contribution in [0.2, 0.25) is 70.0 Å². The molecule has 0 aromatic rings. The summed E-state index contributed by atoms with van der Waals surface area (Å²) in [6, 6.07) is 0. The maximum atomic E-state index is 11.6. The average molecular weight is 1670 g/mol. The van der Waals surface area contributed by atoms with Crippen LogP contribution in [0.5, 0.6) is 0 Å². The molecule has 451 valence electrons. The van der Waals surface area contributed by atoms with Crippen LogP contribution in [0, 0.1) is 17.9 Å². The Morgan fingerprint density at radius 3 is 1.20 bits per heavy atom. The molecule has 0 amide bonds. The fourth-order valence-corrected chi connectivity index (χ4v) is 52.8. The molecule has 3 aliphatic carbocycles. The third-order valence-corrected chi connectivity index (χ3v) is 52.6. The second-order valence-electron chi connectivity index (χ2n) is 18.0. The molecule has 1 saturated carbocycles. The van der Waals surface area contributed by atoms with Crippen molar-refractivity contribution >= 4 is 277 Å². The molecule has 0 N–H and O–H groups in total. The standard InChI is InChI=1S/C12H22OSi.C9H16OSi.C9H12O.C4H8O.C3H9ClSi.C3H5.CH3F.CH4.BrH.2ClH.Cu.Mg.S20/c1-9(2)10-6-11(13)8-12(7-10)14(3,4)5;1-11(2,3)9-6-4-5-8(10)7-9;1-7(2)8-4-3-5-9(10)6-8;1-2-4-5-3-1;1-5(2,3)4;1-3-2;1-2;;;;;;;1-3-5-7-9-11-13-15-17-19-20-18-16-14-12-10-8-6-4-2/h10,12H,1,6-8H2,2-5H3;4-5,9H,6-7H2,1-3H3;3,5,8H,1,4,6H2,2H3;1-4H2;1-3H3;1H2,2H3;1H3;1H4;3*1H;;;/q;;;;;-1;;;;;;2*+2;/p-3/t10-,12+;9-;8-;;;;;;;;;;;/m100.........../s1/i;;;;;;1D;;;;;;;.